The van der Waals surface area contributed by atoms with E-state index in [2.05, 4.69) is 43.3 Å². The fraction of sp³-hybridized carbons (Fsp3) is 0.400. The van der Waals surface area contributed by atoms with Crippen LogP contribution in [0.2, 0.25) is 0 Å². The van der Waals surface area contributed by atoms with Crippen LogP contribution in [-0.2, 0) is 5.75 Å². The zero-order valence-corrected chi connectivity index (χ0v) is 15.4. The second kappa shape index (κ2) is 7.39. The van der Waals surface area contributed by atoms with Gasteiger partial charge >= 0.3 is 0 Å². The second-order valence-corrected chi connectivity index (χ2v) is 7.27. The van der Waals surface area contributed by atoms with E-state index in [1.807, 2.05) is 17.0 Å². The lowest BCUT2D eigenvalue weighted by Crippen LogP contribution is -2.32. The first-order valence-electron chi connectivity index (χ1n) is 8.43. The summed E-state index contributed by atoms with van der Waals surface area (Å²) >= 11 is 1.72. The Bertz CT molecular complexity index is 724. The summed E-state index contributed by atoms with van der Waals surface area (Å²) in [5.41, 5.74) is 5.49. The van der Waals surface area contributed by atoms with Gasteiger partial charge in [-0.05, 0) is 61.3 Å². The molecular weight excluding hydrogens is 316 g/mol. The number of carbonyl (C=O) groups excluding carboxylic acids is 1. The minimum absolute atomic E-state index is 0.0739. The van der Waals surface area contributed by atoms with Crippen LogP contribution in [0.3, 0.4) is 0 Å². The number of rotatable bonds is 4. The number of aryl methyl sites for hydroxylation is 2. The minimum Gasteiger partial charge on any atom is -0.330 e. The van der Waals surface area contributed by atoms with E-state index in [4.69, 9.17) is 0 Å². The van der Waals surface area contributed by atoms with E-state index in [0.717, 1.165) is 30.7 Å². The number of thioether (sulfide) groups is 1. The molecule has 1 aromatic carbocycles. The summed E-state index contributed by atoms with van der Waals surface area (Å²) in [5.74, 6) is 0.890. The first-order chi connectivity index (χ1) is 11.6. The molecule has 2 aromatic rings. The van der Waals surface area contributed by atoms with Gasteiger partial charge in [-0.15, -0.1) is 0 Å². The van der Waals surface area contributed by atoms with Gasteiger partial charge in [0.1, 0.15) is 5.69 Å². The molecule has 3 rings (SSSR count). The van der Waals surface area contributed by atoms with E-state index in [-0.39, 0.29) is 11.9 Å². The topological polar surface area (TPSA) is 33.2 Å². The highest BCUT2D eigenvalue weighted by molar-refractivity contribution is 7.97. The predicted molar refractivity (Wildman–Crippen MR) is 100 cm³/mol. The van der Waals surface area contributed by atoms with Crippen LogP contribution in [0.1, 0.15) is 51.6 Å². The summed E-state index contributed by atoms with van der Waals surface area (Å²) in [6, 6.07) is 10.5. The molecule has 1 saturated heterocycles. The van der Waals surface area contributed by atoms with Crippen molar-refractivity contribution in [2.75, 3.05) is 12.8 Å². The van der Waals surface area contributed by atoms with Crippen molar-refractivity contribution >= 4 is 17.7 Å². The molecular formula is C20H24N2OS. The van der Waals surface area contributed by atoms with E-state index in [0.29, 0.717) is 5.69 Å². The Morgan fingerprint density at radius 2 is 2.00 bits per heavy atom. The number of nitrogens with zero attached hydrogens (tertiary/aromatic N) is 2. The van der Waals surface area contributed by atoms with E-state index >= 15 is 0 Å². The molecule has 1 amide bonds. The summed E-state index contributed by atoms with van der Waals surface area (Å²) in [6.45, 7) is 5.10. The number of amides is 1. The number of aromatic nitrogens is 1. The number of hydrogen-bond acceptors (Lipinski definition) is 3. The lowest BCUT2D eigenvalue weighted by Gasteiger charge is -2.28. The number of pyridine rings is 1. The zero-order chi connectivity index (χ0) is 17.1. The Morgan fingerprint density at radius 3 is 2.71 bits per heavy atom. The predicted octanol–water partition coefficient (Wildman–Crippen LogP) is 4.54. The van der Waals surface area contributed by atoms with Crippen LogP contribution in [0, 0.1) is 13.8 Å². The minimum atomic E-state index is 0.0739. The Balaban J connectivity index is 1.95. The van der Waals surface area contributed by atoms with Crippen LogP contribution in [0.5, 0.6) is 0 Å². The van der Waals surface area contributed by atoms with Crippen LogP contribution in [-0.4, -0.2) is 28.6 Å². The van der Waals surface area contributed by atoms with Crippen LogP contribution < -0.4 is 0 Å². The molecule has 1 aromatic heterocycles. The molecule has 0 saturated carbocycles. The molecule has 1 atom stereocenters. The molecule has 1 fully saturated rings. The maximum absolute atomic E-state index is 13.2. The molecule has 0 radical (unpaired) electrons. The van der Waals surface area contributed by atoms with Gasteiger partial charge in [-0.3, -0.25) is 9.78 Å². The number of hydrogen-bond donors (Lipinski definition) is 0. The molecule has 1 unspecified atom stereocenters. The molecule has 1 aliphatic rings. The van der Waals surface area contributed by atoms with Crippen LogP contribution >= 0.6 is 11.8 Å². The van der Waals surface area contributed by atoms with E-state index < -0.39 is 0 Å². The van der Waals surface area contributed by atoms with E-state index in [9.17, 15) is 4.79 Å². The lowest BCUT2D eigenvalue weighted by molar-refractivity contribution is 0.0728. The van der Waals surface area contributed by atoms with Gasteiger partial charge in [-0.25, -0.2) is 0 Å². The van der Waals surface area contributed by atoms with E-state index in [1.165, 1.54) is 16.7 Å². The Morgan fingerprint density at radius 1 is 1.25 bits per heavy atom. The normalized spacial score (nSPS) is 17.3. The number of benzene rings is 1. The SMILES string of the molecule is CSCc1cccnc1C(=O)N1CCCC1c1c(C)cccc1C. The maximum Gasteiger partial charge on any atom is 0.273 e. The molecule has 24 heavy (non-hydrogen) atoms. The second-order valence-electron chi connectivity index (χ2n) is 6.41. The third-order valence-electron chi connectivity index (χ3n) is 4.78. The Hall–Kier alpha value is -1.81. The summed E-state index contributed by atoms with van der Waals surface area (Å²) < 4.78 is 0. The third kappa shape index (κ3) is 3.20. The van der Waals surface area contributed by atoms with Crippen molar-refractivity contribution in [3.05, 3.63) is 64.5 Å². The van der Waals surface area contributed by atoms with Crippen LogP contribution in [0.4, 0.5) is 0 Å². The summed E-state index contributed by atoms with van der Waals surface area (Å²) in [5, 5.41) is 0. The Labute approximate surface area is 148 Å². The van der Waals surface area contributed by atoms with Gasteiger partial charge in [-0.1, -0.05) is 24.3 Å². The standard InChI is InChI=1S/C20H24N2OS/c1-14-7-4-8-15(2)18(14)17-10-6-12-22(17)20(23)19-16(13-24-3)9-5-11-21-19/h4-5,7-9,11,17H,6,10,12-13H2,1-3H3. The smallest absolute Gasteiger partial charge is 0.273 e. The third-order valence-corrected chi connectivity index (χ3v) is 5.38. The van der Waals surface area contributed by atoms with Gasteiger partial charge in [0.2, 0.25) is 0 Å². The van der Waals surface area contributed by atoms with Crippen molar-refractivity contribution < 1.29 is 4.79 Å². The quantitative estimate of drug-likeness (QED) is 0.819. The highest BCUT2D eigenvalue weighted by atomic mass is 32.2. The molecule has 3 nitrogen and oxygen atoms in total. The van der Waals surface area contributed by atoms with Crippen molar-refractivity contribution in [1.29, 1.82) is 0 Å². The van der Waals surface area contributed by atoms with Crippen molar-refractivity contribution in [2.24, 2.45) is 0 Å². The molecule has 1 aliphatic heterocycles. The monoisotopic (exact) mass is 340 g/mol. The zero-order valence-electron chi connectivity index (χ0n) is 14.6. The largest absolute Gasteiger partial charge is 0.330 e. The van der Waals surface area contributed by atoms with Gasteiger partial charge in [-0.2, -0.15) is 11.8 Å². The van der Waals surface area contributed by atoms with Crippen LogP contribution in [0.15, 0.2) is 36.5 Å². The van der Waals surface area contributed by atoms with Gasteiger partial charge in [0, 0.05) is 18.5 Å². The van der Waals surface area contributed by atoms with Crippen molar-refractivity contribution in [1.82, 2.24) is 9.88 Å². The fourth-order valence-electron chi connectivity index (χ4n) is 3.70. The van der Waals surface area contributed by atoms with Gasteiger partial charge < -0.3 is 4.90 Å². The van der Waals surface area contributed by atoms with Crippen LogP contribution in [0.25, 0.3) is 0 Å². The number of carbonyl (C=O) groups is 1. The average Bonchev–Trinajstić information content (AvgIpc) is 3.04. The Kier molecular flexibility index (Phi) is 5.24. The van der Waals surface area contributed by atoms with Gasteiger partial charge in [0.15, 0.2) is 0 Å². The molecule has 4 heteroatoms. The molecule has 2 heterocycles. The highest BCUT2D eigenvalue weighted by Gasteiger charge is 2.33. The summed E-state index contributed by atoms with van der Waals surface area (Å²) in [6.07, 6.45) is 5.86. The average molecular weight is 340 g/mol. The number of likely N-dealkylation sites (tertiary alicyclic amines) is 1. The molecule has 0 N–H and O–H groups in total. The molecule has 0 aliphatic carbocycles. The maximum atomic E-state index is 13.2. The first-order valence-corrected chi connectivity index (χ1v) is 9.82. The van der Waals surface area contributed by atoms with Gasteiger partial charge in [0.05, 0.1) is 6.04 Å². The molecule has 126 valence electrons. The summed E-state index contributed by atoms with van der Waals surface area (Å²) in [4.78, 5) is 19.6. The lowest BCUT2D eigenvalue weighted by atomic mass is 9.94. The molecule has 0 spiro atoms. The first kappa shape index (κ1) is 17.0. The van der Waals surface area contributed by atoms with Crippen molar-refractivity contribution in [3.63, 3.8) is 0 Å². The summed E-state index contributed by atoms with van der Waals surface area (Å²) in [7, 11) is 0. The highest BCUT2D eigenvalue weighted by Crippen LogP contribution is 2.36. The van der Waals surface area contributed by atoms with E-state index in [1.54, 1.807) is 18.0 Å². The van der Waals surface area contributed by atoms with Crippen molar-refractivity contribution in [2.45, 2.75) is 38.5 Å². The molecule has 0 bridgehead atoms. The van der Waals surface area contributed by atoms with Crippen molar-refractivity contribution in [3.8, 4) is 0 Å². The van der Waals surface area contributed by atoms with Gasteiger partial charge in [0.25, 0.3) is 5.91 Å². The fourth-order valence-corrected chi connectivity index (χ4v) is 4.25.